The highest BCUT2D eigenvalue weighted by Crippen LogP contribution is 2.41. The van der Waals surface area contributed by atoms with Gasteiger partial charge < -0.3 is 10.1 Å². The lowest BCUT2D eigenvalue weighted by molar-refractivity contribution is -0.137. The van der Waals surface area contributed by atoms with E-state index in [2.05, 4.69) is 15.7 Å². The fourth-order valence-electron chi connectivity index (χ4n) is 5.32. The number of ether oxygens (including phenoxy) is 1. The highest BCUT2D eigenvalue weighted by Gasteiger charge is 2.31. The molecule has 7 nitrogen and oxygen atoms in total. The first-order valence-corrected chi connectivity index (χ1v) is 13.1. The minimum atomic E-state index is -4.37. The normalized spacial score (nSPS) is 14.8. The van der Waals surface area contributed by atoms with Crippen LogP contribution >= 0.6 is 0 Å². The van der Waals surface area contributed by atoms with Crippen LogP contribution in [0.25, 0.3) is 11.1 Å². The van der Waals surface area contributed by atoms with E-state index >= 15 is 0 Å². The monoisotopic (exact) mass is 552 g/mol. The highest BCUT2D eigenvalue weighted by molar-refractivity contribution is 5.96. The maximum absolute atomic E-state index is 13.0. The molecule has 10 heteroatoms. The Labute approximate surface area is 231 Å². The number of aryl methyl sites for hydroxylation is 2. The first kappa shape index (κ1) is 28.8. The molecule has 3 aromatic rings. The largest absolute Gasteiger partial charge is 0.485 e. The van der Waals surface area contributed by atoms with E-state index in [-0.39, 0.29) is 24.4 Å². The third-order valence-corrected chi connectivity index (χ3v) is 7.22. The number of carbonyl (C=O) groups excluding carboxylic acids is 1. The molecule has 3 aromatic carbocycles. The zero-order valence-electron chi connectivity index (χ0n) is 22.5. The third kappa shape index (κ3) is 6.86. The van der Waals surface area contributed by atoms with Gasteiger partial charge in [-0.05, 0) is 90.9 Å². The molecule has 1 fully saturated rings. The summed E-state index contributed by atoms with van der Waals surface area (Å²) in [4.78, 5) is 12.5. The molecule has 0 aromatic heterocycles. The fourth-order valence-corrected chi connectivity index (χ4v) is 5.32. The van der Waals surface area contributed by atoms with Crippen molar-refractivity contribution in [2.75, 3.05) is 6.54 Å². The van der Waals surface area contributed by atoms with Crippen molar-refractivity contribution in [2.45, 2.75) is 51.8 Å². The number of amidine groups is 1. The van der Waals surface area contributed by atoms with E-state index in [0.29, 0.717) is 17.2 Å². The second-order valence-corrected chi connectivity index (χ2v) is 10.1. The minimum Gasteiger partial charge on any atom is -0.485 e. The second kappa shape index (κ2) is 12.3. The number of nitrogens with one attached hydrogen (secondary N) is 1. The van der Waals surface area contributed by atoms with Gasteiger partial charge in [0.25, 0.3) is 5.91 Å². The molecular formula is C30H33F3N5O2+. The number of rotatable bonds is 8. The number of alkyl halides is 3. The Hall–Kier alpha value is -4.21. The number of hydrogen-bond donors (Lipinski definition) is 3. The summed E-state index contributed by atoms with van der Waals surface area (Å²) in [7, 11) is 0. The molecule has 4 rings (SSSR count). The SMILES string of the molecule is Cc1cc(OC(c2ccc(C(=O)NCC(=[NH2+])N=NN)cc2)C2CCCC2)cc(C)c1-c1ccc(C(F)(F)F)cc1. The van der Waals surface area contributed by atoms with Gasteiger partial charge in [-0.25, -0.2) is 0 Å². The maximum atomic E-state index is 13.0. The van der Waals surface area contributed by atoms with Crippen LogP contribution in [-0.4, -0.2) is 18.3 Å². The summed E-state index contributed by atoms with van der Waals surface area (Å²) in [6.45, 7) is 3.89. The predicted molar refractivity (Wildman–Crippen MR) is 146 cm³/mol. The van der Waals surface area contributed by atoms with Crippen molar-refractivity contribution in [3.8, 4) is 16.9 Å². The van der Waals surface area contributed by atoms with E-state index in [1.807, 2.05) is 38.1 Å². The molecule has 0 aliphatic heterocycles. The van der Waals surface area contributed by atoms with Crippen LogP contribution in [0.4, 0.5) is 13.2 Å². The lowest BCUT2D eigenvalue weighted by Crippen LogP contribution is -2.45. The molecule has 0 radical (unpaired) electrons. The van der Waals surface area contributed by atoms with Gasteiger partial charge in [0.05, 0.1) is 10.7 Å². The molecule has 1 aliphatic rings. The summed E-state index contributed by atoms with van der Waals surface area (Å²) in [6.07, 6.45) is -0.230. The highest BCUT2D eigenvalue weighted by atomic mass is 19.4. The average Bonchev–Trinajstić information content (AvgIpc) is 3.45. The van der Waals surface area contributed by atoms with Gasteiger partial charge in [0, 0.05) is 16.7 Å². The average molecular weight is 553 g/mol. The Morgan fingerprint density at radius 2 is 1.65 bits per heavy atom. The van der Waals surface area contributed by atoms with E-state index in [1.165, 1.54) is 12.1 Å². The van der Waals surface area contributed by atoms with Crippen LogP contribution < -0.4 is 21.3 Å². The van der Waals surface area contributed by atoms with E-state index in [4.69, 9.17) is 16.0 Å². The molecule has 1 amide bonds. The van der Waals surface area contributed by atoms with Gasteiger partial charge in [-0.15, -0.1) is 0 Å². The molecule has 1 atom stereocenters. The number of halogens is 3. The summed E-state index contributed by atoms with van der Waals surface area (Å²) in [5.41, 5.74) is 4.21. The van der Waals surface area contributed by atoms with Crippen molar-refractivity contribution < 1.29 is 28.1 Å². The van der Waals surface area contributed by atoms with E-state index < -0.39 is 11.7 Å². The molecule has 1 unspecified atom stereocenters. The Morgan fingerprint density at radius 1 is 1.05 bits per heavy atom. The van der Waals surface area contributed by atoms with Gasteiger partial charge in [-0.2, -0.15) is 13.2 Å². The van der Waals surface area contributed by atoms with Crippen LogP contribution in [0.15, 0.2) is 71.0 Å². The van der Waals surface area contributed by atoms with E-state index in [1.54, 1.807) is 12.1 Å². The Balaban J connectivity index is 1.54. The minimum absolute atomic E-state index is 0.0241. The van der Waals surface area contributed by atoms with Crippen LogP contribution in [0.3, 0.4) is 0 Å². The number of hydrogen-bond acceptors (Lipinski definition) is 3. The molecule has 0 saturated heterocycles. The van der Waals surface area contributed by atoms with Crippen molar-refractivity contribution in [3.05, 3.63) is 88.5 Å². The Morgan fingerprint density at radius 3 is 2.20 bits per heavy atom. The molecule has 210 valence electrons. The topological polar surface area (TPSA) is 115 Å². The van der Waals surface area contributed by atoms with Crippen molar-refractivity contribution in [2.24, 2.45) is 22.1 Å². The molecule has 0 heterocycles. The second-order valence-electron chi connectivity index (χ2n) is 10.1. The quantitative estimate of drug-likeness (QED) is 0.113. The maximum Gasteiger partial charge on any atom is 0.416 e. The molecule has 1 saturated carbocycles. The summed E-state index contributed by atoms with van der Waals surface area (Å²) < 4.78 is 45.7. The first-order valence-electron chi connectivity index (χ1n) is 13.1. The van der Waals surface area contributed by atoms with Gasteiger partial charge in [0.15, 0.2) is 0 Å². The van der Waals surface area contributed by atoms with Gasteiger partial charge in [-0.3, -0.25) is 16.0 Å². The predicted octanol–water partition coefficient (Wildman–Crippen LogP) is 5.51. The molecule has 0 spiro atoms. The van der Waals surface area contributed by atoms with Gasteiger partial charge in [0.1, 0.15) is 18.4 Å². The molecule has 40 heavy (non-hydrogen) atoms. The van der Waals surface area contributed by atoms with Gasteiger partial charge in [0.2, 0.25) is 0 Å². The Kier molecular flexibility index (Phi) is 8.86. The summed E-state index contributed by atoms with van der Waals surface area (Å²) in [5.74, 6) is 5.78. The van der Waals surface area contributed by atoms with Gasteiger partial charge in [-0.1, -0.05) is 37.1 Å². The van der Waals surface area contributed by atoms with Crippen molar-refractivity contribution in [1.29, 1.82) is 0 Å². The van der Waals surface area contributed by atoms with Crippen LogP contribution in [0.2, 0.25) is 0 Å². The number of benzene rings is 3. The van der Waals surface area contributed by atoms with Gasteiger partial charge >= 0.3 is 12.0 Å². The van der Waals surface area contributed by atoms with Crippen LogP contribution in [0.1, 0.15) is 64.4 Å². The fraction of sp³-hybridized carbons (Fsp3) is 0.333. The smallest absolute Gasteiger partial charge is 0.416 e. The first-order chi connectivity index (χ1) is 19.1. The van der Waals surface area contributed by atoms with Crippen LogP contribution in [0.5, 0.6) is 5.75 Å². The number of carbonyl (C=O) groups is 1. The molecule has 1 aliphatic carbocycles. The van der Waals surface area contributed by atoms with Crippen molar-refractivity contribution >= 4 is 11.7 Å². The van der Waals surface area contributed by atoms with Crippen LogP contribution in [0, 0.1) is 19.8 Å². The number of nitrogens with two attached hydrogens (primary N) is 2. The zero-order valence-corrected chi connectivity index (χ0v) is 22.5. The van der Waals surface area contributed by atoms with Crippen molar-refractivity contribution in [3.63, 3.8) is 0 Å². The van der Waals surface area contributed by atoms with E-state index in [9.17, 15) is 18.0 Å². The van der Waals surface area contributed by atoms with Crippen LogP contribution in [-0.2, 0) is 6.18 Å². The summed E-state index contributed by atoms with van der Waals surface area (Å²) in [6, 6.07) is 16.4. The Bertz CT molecular complexity index is 1360. The summed E-state index contributed by atoms with van der Waals surface area (Å²) in [5, 5.41) is 14.9. The number of nitrogens with zero attached hydrogens (tertiary/aromatic N) is 2. The number of amides is 1. The molecule has 5 N–H and O–H groups in total. The standard InChI is InChI=1S/C30H32F3N5O2/c1-18-15-25(16-19(2)27(18)20-11-13-24(14-12-20)30(31,32)33)40-28(21-5-3-4-6-21)22-7-9-23(10-8-22)29(39)36-17-26(34)37-38-35/h7-16,21,28H,3-6,17H2,1-2H3,(H,36,39)(H3,34,35,37)/p+1. The lowest BCUT2D eigenvalue weighted by atomic mass is 9.92. The van der Waals surface area contributed by atoms with E-state index in [0.717, 1.165) is 65.6 Å². The third-order valence-electron chi connectivity index (χ3n) is 7.22. The molecule has 0 bridgehead atoms. The lowest BCUT2D eigenvalue weighted by Gasteiger charge is -2.26. The summed E-state index contributed by atoms with van der Waals surface area (Å²) >= 11 is 0. The zero-order chi connectivity index (χ0) is 28.9. The molecular weight excluding hydrogens is 519 g/mol. The van der Waals surface area contributed by atoms with Crippen molar-refractivity contribution in [1.82, 2.24) is 5.32 Å².